The predicted octanol–water partition coefficient (Wildman–Crippen LogP) is 4.67. The molecule has 0 N–H and O–H groups in total. The quantitative estimate of drug-likeness (QED) is 0.775. The zero-order valence-electron chi connectivity index (χ0n) is 13.6. The summed E-state index contributed by atoms with van der Waals surface area (Å²) in [6.45, 7) is 0.885. The van der Waals surface area contributed by atoms with Crippen molar-refractivity contribution >= 4 is 17.4 Å². The molecule has 1 fully saturated rings. The van der Waals surface area contributed by atoms with E-state index in [4.69, 9.17) is 16.3 Å². The van der Waals surface area contributed by atoms with E-state index in [0.717, 1.165) is 12.1 Å². The van der Waals surface area contributed by atoms with Crippen LogP contribution in [0.1, 0.15) is 24.1 Å². The normalized spacial score (nSPS) is 15.6. The number of ether oxygens (including phenoxy) is 1. The molecule has 1 aromatic carbocycles. The minimum Gasteiger partial charge on any atom is -0.489 e. The Morgan fingerprint density at radius 1 is 1.15 bits per heavy atom. The Labute approximate surface area is 153 Å². The third-order valence-electron chi connectivity index (χ3n) is 4.16. The van der Waals surface area contributed by atoms with Gasteiger partial charge in [0.25, 0.3) is 0 Å². The molecule has 1 aliphatic heterocycles. The summed E-state index contributed by atoms with van der Waals surface area (Å²) < 4.78 is 44.6. The molecule has 0 amide bonds. The van der Waals surface area contributed by atoms with Crippen LogP contribution in [0.25, 0.3) is 0 Å². The van der Waals surface area contributed by atoms with Crippen LogP contribution >= 0.6 is 11.6 Å². The number of nitrogens with zero attached hydrogens (tertiary/aromatic N) is 3. The number of para-hydroxylation sites is 1. The summed E-state index contributed by atoms with van der Waals surface area (Å²) in [7, 11) is 0. The van der Waals surface area contributed by atoms with Gasteiger partial charge in [0.05, 0.1) is 10.6 Å². The molecule has 0 saturated carbocycles. The third-order valence-corrected chi connectivity index (χ3v) is 4.47. The molecule has 26 heavy (non-hydrogen) atoms. The smallest absolute Gasteiger partial charge is 0.433 e. The van der Waals surface area contributed by atoms with Crippen LogP contribution in [0.4, 0.5) is 19.0 Å². The molecule has 1 saturated heterocycles. The fraction of sp³-hybridized carbons (Fsp3) is 0.333. The van der Waals surface area contributed by atoms with Crippen LogP contribution in [-0.2, 0) is 6.18 Å². The van der Waals surface area contributed by atoms with E-state index in [2.05, 4.69) is 4.98 Å². The molecule has 0 atom stereocenters. The van der Waals surface area contributed by atoms with Crippen molar-refractivity contribution in [1.29, 1.82) is 5.26 Å². The van der Waals surface area contributed by atoms with Gasteiger partial charge in [-0.25, -0.2) is 4.98 Å². The number of hydrogen-bond donors (Lipinski definition) is 0. The van der Waals surface area contributed by atoms with Crippen molar-refractivity contribution in [3.05, 3.63) is 52.7 Å². The van der Waals surface area contributed by atoms with E-state index in [9.17, 15) is 18.4 Å². The second-order valence-electron chi connectivity index (χ2n) is 5.91. The van der Waals surface area contributed by atoms with E-state index >= 15 is 0 Å². The van der Waals surface area contributed by atoms with E-state index in [-0.39, 0.29) is 17.5 Å². The summed E-state index contributed by atoms with van der Waals surface area (Å²) in [5.41, 5.74) is -0.871. The lowest BCUT2D eigenvalue weighted by Gasteiger charge is -2.33. The van der Waals surface area contributed by atoms with Crippen LogP contribution in [0.2, 0.25) is 5.02 Å². The molecule has 0 radical (unpaired) electrons. The summed E-state index contributed by atoms with van der Waals surface area (Å²) in [6.07, 6.45) is -3.46. The average Bonchev–Trinajstić information content (AvgIpc) is 2.63. The number of rotatable bonds is 3. The van der Waals surface area contributed by atoms with Gasteiger partial charge in [0.15, 0.2) is 0 Å². The Hall–Kier alpha value is -2.46. The maximum Gasteiger partial charge on any atom is 0.433 e. The van der Waals surface area contributed by atoms with Crippen molar-refractivity contribution in [3.63, 3.8) is 0 Å². The van der Waals surface area contributed by atoms with Crippen LogP contribution < -0.4 is 9.64 Å². The van der Waals surface area contributed by atoms with Crippen LogP contribution in [0.15, 0.2) is 36.4 Å². The van der Waals surface area contributed by atoms with Gasteiger partial charge in [0, 0.05) is 25.9 Å². The molecular formula is C18H15ClF3N3O. The summed E-state index contributed by atoms with van der Waals surface area (Å²) in [5, 5.41) is 9.70. The zero-order valence-corrected chi connectivity index (χ0v) is 14.4. The van der Waals surface area contributed by atoms with Gasteiger partial charge in [-0.05, 0) is 24.3 Å². The maximum atomic E-state index is 12.9. The first kappa shape index (κ1) is 18.3. The SMILES string of the molecule is N#Cc1ccc(C(F)(F)F)nc1N1CCC(Oc2ccccc2Cl)CC1. The van der Waals surface area contributed by atoms with E-state index in [1.54, 1.807) is 23.1 Å². The Kier molecular flexibility index (Phi) is 5.23. The molecule has 2 aromatic rings. The van der Waals surface area contributed by atoms with Crippen LogP contribution in [-0.4, -0.2) is 24.2 Å². The maximum absolute atomic E-state index is 12.9. The Balaban J connectivity index is 1.72. The Morgan fingerprint density at radius 3 is 2.46 bits per heavy atom. The molecular weight excluding hydrogens is 367 g/mol. The van der Waals surface area contributed by atoms with Crippen molar-refractivity contribution in [1.82, 2.24) is 4.98 Å². The summed E-state index contributed by atoms with van der Waals surface area (Å²) in [4.78, 5) is 5.37. The van der Waals surface area contributed by atoms with Crippen molar-refractivity contribution in [2.24, 2.45) is 0 Å². The van der Waals surface area contributed by atoms with Gasteiger partial charge in [-0.1, -0.05) is 23.7 Å². The van der Waals surface area contributed by atoms with Crippen molar-refractivity contribution in [3.8, 4) is 11.8 Å². The first-order valence-electron chi connectivity index (χ1n) is 8.03. The summed E-state index contributed by atoms with van der Waals surface area (Å²) >= 11 is 6.08. The highest BCUT2D eigenvalue weighted by atomic mass is 35.5. The van der Waals surface area contributed by atoms with E-state index in [0.29, 0.717) is 36.7 Å². The number of benzene rings is 1. The first-order chi connectivity index (χ1) is 12.4. The molecule has 2 heterocycles. The predicted molar refractivity (Wildman–Crippen MR) is 91.3 cm³/mol. The van der Waals surface area contributed by atoms with E-state index < -0.39 is 11.9 Å². The standard InChI is InChI=1S/C18H15ClF3N3O/c19-14-3-1-2-4-15(14)26-13-7-9-25(10-8-13)17-12(11-23)5-6-16(24-17)18(20,21)22/h1-6,13H,7-10H2. The topological polar surface area (TPSA) is 49.2 Å². The van der Waals surface area contributed by atoms with Gasteiger partial charge in [0.1, 0.15) is 29.4 Å². The molecule has 3 rings (SSSR count). The van der Waals surface area contributed by atoms with Gasteiger partial charge < -0.3 is 9.64 Å². The second kappa shape index (κ2) is 7.42. The van der Waals surface area contributed by atoms with Gasteiger partial charge in [-0.2, -0.15) is 18.4 Å². The fourth-order valence-electron chi connectivity index (χ4n) is 2.84. The Bertz CT molecular complexity index is 827. The number of nitriles is 1. The average molecular weight is 382 g/mol. The number of hydrogen-bond acceptors (Lipinski definition) is 4. The monoisotopic (exact) mass is 381 g/mol. The zero-order chi connectivity index (χ0) is 18.7. The molecule has 8 heteroatoms. The molecule has 4 nitrogen and oxygen atoms in total. The molecule has 136 valence electrons. The number of aromatic nitrogens is 1. The van der Waals surface area contributed by atoms with Crippen LogP contribution in [0.3, 0.4) is 0 Å². The number of anilines is 1. The van der Waals surface area contributed by atoms with Crippen LogP contribution in [0.5, 0.6) is 5.75 Å². The third kappa shape index (κ3) is 4.02. The lowest BCUT2D eigenvalue weighted by molar-refractivity contribution is -0.141. The minimum atomic E-state index is -4.55. The summed E-state index contributed by atoms with van der Waals surface area (Å²) in [6, 6.07) is 11.0. The molecule has 0 bridgehead atoms. The minimum absolute atomic E-state index is 0.0681. The molecule has 0 unspecified atom stereocenters. The summed E-state index contributed by atoms with van der Waals surface area (Å²) in [5.74, 6) is 0.654. The van der Waals surface area contributed by atoms with Gasteiger partial charge in [-0.15, -0.1) is 0 Å². The molecule has 1 aromatic heterocycles. The lowest BCUT2D eigenvalue weighted by Crippen LogP contribution is -2.39. The van der Waals surface area contributed by atoms with E-state index in [1.165, 1.54) is 0 Å². The van der Waals surface area contributed by atoms with Crippen molar-refractivity contribution in [2.75, 3.05) is 18.0 Å². The largest absolute Gasteiger partial charge is 0.489 e. The Morgan fingerprint density at radius 2 is 1.85 bits per heavy atom. The first-order valence-corrected chi connectivity index (χ1v) is 8.41. The molecule has 0 spiro atoms. The van der Waals surface area contributed by atoms with Gasteiger partial charge in [-0.3, -0.25) is 0 Å². The fourth-order valence-corrected chi connectivity index (χ4v) is 3.02. The van der Waals surface area contributed by atoms with Gasteiger partial charge >= 0.3 is 6.18 Å². The number of pyridine rings is 1. The molecule has 1 aliphatic rings. The number of piperidine rings is 1. The van der Waals surface area contributed by atoms with Gasteiger partial charge in [0.2, 0.25) is 0 Å². The van der Waals surface area contributed by atoms with Crippen molar-refractivity contribution in [2.45, 2.75) is 25.1 Å². The van der Waals surface area contributed by atoms with Crippen LogP contribution in [0, 0.1) is 11.3 Å². The van der Waals surface area contributed by atoms with Crippen molar-refractivity contribution < 1.29 is 17.9 Å². The number of halogens is 4. The highest BCUT2D eigenvalue weighted by Crippen LogP contribution is 2.32. The highest BCUT2D eigenvalue weighted by molar-refractivity contribution is 6.32. The lowest BCUT2D eigenvalue weighted by atomic mass is 10.1. The molecule has 0 aliphatic carbocycles. The number of alkyl halides is 3. The highest BCUT2D eigenvalue weighted by Gasteiger charge is 2.34. The second-order valence-corrected chi connectivity index (χ2v) is 6.32. The van der Waals surface area contributed by atoms with E-state index in [1.807, 2.05) is 12.1 Å².